The highest BCUT2D eigenvalue weighted by atomic mass is 16.4. The summed E-state index contributed by atoms with van der Waals surface area (Å²) >= 11 is 0. The van der Waals surface area contributed by atoms with E-state index < -0.39 is 24.0 Å². The monoisotopic (exact) mass is 406 g/mol. The van der Waals surface area contributed by atoms with E-state index in [0.29, 0.717) is 12.8 Å². The summed E-state index contributed by atoms with van der Waals surface area (Å²) in [5.41, 5.74) is 6.08. The van der Waals surface area contributed by atoms with Crippen LogP contribution in [0.25, 0.3) is 0 Å². The molecule has 9 heteroatoms. The number of primary amides is 1. The van der Waals surface area contributed by atoms with Gasteiger partial charge in [-0.3, -0.25) is 14.4 Å². The van der Waals surface area contributed by atoms with Gasteiger partial charge in [-0.05, 0) is 31.7 Å². The normalized spacial score (nSPS) is 13.6. The van der Waals surface area contributed by atoms with Gasteiger partial charge in [-0.15, -0.1) is 0 Å². The lowest BCUT2D eigenvalue weighted by Crippen LogP contribution is -2.50. The van der Waals surface area contributed by atoms with Crippen LogP contribution in [0.3, 0.4) is 0 Å². The van der Waals surface area contributed by atoms with E-state index in [1.54, 1.807) is 13.8 Å². The summed E-state index contributed by atoms with van der Waals surface area (Å²) < 4.78 is 0. The van der Waals surface area contributed by atoms with Crippen molar-refractivity contribution in [1.82, 2.24) is 16.0 Å². The molecule has 6 N–H and O–H groups in total. The number of carboxylic acid groups (broad SMARTS) is 1. The zero-order chi connectivity index (χ0) is 21.8. The average Bonchev–Trinajstić information content (AvgIpc) is 2.64. The van der Waals surface area contributed by atoms with Crippen LogP contribution in [0.2, 0.25) is 0 Å². The highest BCUT2D eigenvalue weighted by Gasteiger charge is 2.23. The lowest BCUT2D eigenvalue weighted by Gasteiger charge is -2.22. The van der Waals surface area contributed by atoms with Crippen molar-refractivity contribution in [2.24, 2.45) is 11.7 Å². The second kappa shape index (κ2) is 12.4. The number of hydrogen-bond acceptors (Lipinski definition) is 4. The van der Waals surface area contributed by atoms with Gasteiger partial charge in [0, 0.05) is 18.5 Å². The Hall–Kier alpha value is -3.10. The fourth-order valence-corrected chi connectivity index (χ4v) is 2.85. The molecular weight excluding hydrogens is 376 g/mol. The molecule has 1 rings (SSSR count). The smallest absolute Gasteiger partial charge is 0.404 e. The highest BCUT2D eigenvalue weighted by molar-refractivity contribution is 5.88. The Morgan fingerprint density at radius 3 is 2.31 bits per heavy atom. The summed E-state index contributed by atoms with van der Waals surface area (Å²) in [5.74, 6) is -1.53. The van der Waals surface area contributed by atoms with E-state index >= 15 is 0 Å². The average molecular weight is 406 g/mol. The summed E-state index contributed by atoms with van der Waals surface area (Å²) in [5, 5.41) is 16.4. The number of amides is 4. The molecule has 0 unspecified atom stereocenters. The number of benzene rings is 1. The molecule has 0 spiro atoms. The molecule has 0 radical (unpaired) electrons. The van der Waals surface area contributed by atoms with Crippen LogP contribution < -0.4 is 21.7 Å². The van der Waals surface area contributed by atoms with Crippen LogP contribution in [0.4, 0.5) is 4.79 Å². The second-order valence-corrected chi connectivity index (χ2v) is 7.11. The molecule has 0 bridgehead atoms. The second-order valence-electron chi connectivity index (χ2n) is 7.11. The van der Waals surface area contributed by atoms with E-state index in [9.17, 15) is 19.2 Å². The lowest BCUT2D eigenvalue weighted by molar-refractivity contribution is -0.129. The quantitative estimate of drug-likeness (QED) is 0.325. The minimum atomic E-state index is -1.15. The molecule has 0 aromatic heterocycles. The summed E-state index contributed by atoms with van der Waals surface area (Å²) in [6, 6.07) is 8.01. The lowest BCUT2D eigenvalue weighted by atomic mass is 10.0. The SMILES string of the molecule is C[C@@H](C[C@H](C)C(N)=O)NC(=O)[C@H](CCCNC(=O)O)NC(=O)Cc1ccccc1. The van der Waals surface area contributed by atoms with Gasteiger partial charge in [0.15, 0.2) is 0 Å². The van der Waals surface area contributed by atoms with Crippen LogP contribution in [0.5, 0.6) is 0 Å². The molecule has 1 aromatic rings. The van der Waals surface area contributed by atoms with Crippen molar-refractivity contribution in [3.63, 3.8) is 0 Å². The van der Waals surface area contributed by atoms with E-state index in [1.165, 1.54) is 0 Å². The molecule has 0 heterocycles. The van der Waals surface area contributed by atoms with E-state index in [-0.39, 0.29) is 37.2 Å². The molecule has 3 atom stereocenters. The molecule has 0 aliphatic rings. The first-order valence-electron chi connectivity index (χ1n) is 9.58. The number of nitrogens with two attached hydrogens (primary N) is 1. The first-order chi connectivity index (χ1) is 13.7. The van der Waals surface area contributed by atoms with Crippen molar-refractivity contribution in [2.45, 2.75) is 51.6 Å². The van der Waals surface area contributed by atoms with Crippen LogP contribution in [0, 0.1) is 5.92 Å². The summed E-state index contributed by atoms with van der Waals surface area (Å²) in [6.07, 6.45) is 0.0129. The van der Waals surface area contributed by atoms with Crippen molar-refractivity contribution in [2.75, 3.05) is 6.54 Å². The van der Waals surface area contributed by atoms with Gasteiger partial charge in [0.25, 0.3) is 0 Å². The zero-order valence-corrected chi connectivity index (χ0v) is 16.8. The molecular formula is C20H30N4O5. The van der Waals surface area contributed by atoms with Crippen LogP contribution >= 0.6 is 0 Å². The Kier molecular flexibility index (Phi) is 10.2. The van der Waals surface area contributed by atoms with Gasteiger partial charge in [0.1, 0.15) is 6.04 Å². The molecule has 0 saturated heterocycles. The van der Waals surface area contributed by atoms with Gasteiger partial charge in [-0.25, -0.2) is 4.79 Å². The van der Waals surface area contributed by atoms with Crippen LogP contribution in [-0.2, 0) is 20.8 Å². The number of carbonyl (C=O) groups excluding carboxylic acids is 3. The van der Waals surface area contributed by atoms with E-state index in [4.69, 9.17) is 10.8 Å². The Labute approximate surface area is 170 Å². The maximum absolute atomic E-state index is 12.6. The van der Waals surface area contributed by atoms with Crippen LogP contribution in [-0.4, -0.2) is 47.5 Å². The van der Waals surface area contributed by atoms with E-state index in [2.05, 4.69) is 16.0 Å². The Bertz CT molecular complexity index is 695. The fraction of sp³-hybridized carbons (Fsp3) is 0.500. The van der Waals surface area contributed by atoms with E-state index in [1.807, 2.05) is 30.3 Å². The summed E-state index contributed by atoms with van der Waals surface area (Å²) in [6.45, 7) is 3.61. The third-order valence-corrected chi connectivity index (χ3v) is 4.39. The molecule has 29 heavy (non-hydrogen) atoms. The molecule has 4 amide bonds. The number of hydrogen-bond donors (Lipinski definition) is 5. The van der Waals surface area contributed by atoms with Gasteiger partial charge in [0.2, 0.25) is 17.7 Å². The topological polar surface area (TPSA) is 151 Å². The summed E-state index contributed by atoms with van der Waals surface area (Å²) in [7, 11) is 0. The van der Waals surface area contributed by atoms with Crippen LogP contribution in [0.1, 0.15) is 38.7 Å². The third-order valence-electron chi connectivity index (χ3n) is 4.39. The molecule has 0 fully saturated rings. The van der Waals surface area contributed by atoms with Gasteiger partial charge >= 0.3 is 6.09 Å². The molecule has 0 aliphatic carbocycles. The first-order valence-corrected chi connectivity index (χ1v) is 9.58. The van der Waals surface area contributed by atoms with Gasteiger partial charge < -0.3 is 26.8 Å². The van der Waals surface area contributed by atoms with Crippen molar-refractivity contribution < 1.29 is 24.3 Å². The maximum atomic E-state index is 12.6. The molecule has 160 valence electrons. The zero-order valence-electron chi connectivity index (χ0n) is 16.8. The number of rotatable bonds is 12. The summed E-state index contributed by atoms with van der Waals surface area (Å²) in [4.78, 5) is 46.8. The molecule has 0 aliphatic heterocycles. The number of nitrogens with one attached hydrogen (secondary N) is 3. The van der Waals surface area contributed by atoms with Crippen molar-refractivity contribution in [3.8, 4) is 0 Å². The fourth-order valence-electron chi connectivity index (χ4n) is 2.85. The van der Waals surface area contributed by atoms with Gasteiger partial charge in [0.05, 0.1) is 6.42 Å². The molecule has 1 aromatic carbocycles. The largest absolute Gasteiger partial charge is 0.465 e. The van der Waals surface area contributed by atoms with E-state index in [0.717, 1.165) is 5.56 Å². The molecule has 0 saturated carbocycles. The van der Waals surface area contributed by atoms with Crippen molar-refractivity contribution >= 4 is 23.8 Å². The predicted molar refractivity (Wildman–Crippen MR) is 108 cm³/mol. The highest BCUT2D eigenvalue weighted by Crippen LogP contribution is 2.07. The minimum Gasteiger partial charge on any atom is -0.465 e. The Morgan fingerprint density at radius 2 is 1.72 bits per heavy atom. The third kappa shape index (κ3) is 10.1. The Morgan fingerprint density at radius 1 is 1.07 bits per heavy atom. The number of carbonyl (C=O) groups is 4. The van der Waals surface area contributed by atoms with Crippen molar-refractivity contribution in [1.29, 1.82) is 0 Å². The predicted octanol–water partition coefficient (Wildman–Crippen LogP) is 0.778. The standard InChI is InChI=1S/C20H30N4O5/c1-13(18(21)26)11-14(2)23-19(27)16(9-6-10-22-20(28)29)24-17(25)12-15-7-4-3-5-8-15/h3-5,7-8,13-14,16,22H,6,9-12H2,1-2H3,(H2,21,26)(H,23,27)(H,24,25)(H,28,29)/t13-,14-,16-/m0/s1. The first kappa shape index (κ1) is 23.9. The Balaban J connectivity index is 2.67. The van der Waals surface area contributed by atoms with Crippen LogP contribution in [0.15, 0.2) is 30.3 Å². The minimum absolute atomic E-state index is 0.131. The maximum Gasteiger partial charge on any atom is 0.404 e. The van der Waals surface area contributed by atoms with Gasteiger partial charge in [-0.1, -0.05) is 37.3 Å². The van der Waals surface area contributed by atoms with Gasteiger partial charge in [-0.2, -0.15) is 0 Å². The molecule has 9 nitrogen and oxygen atoms in total. The van der Waals surface area contributed by atoms with Crippen molar-refractivity contribution in [3.05, 3.63) is 35.9 Å².